The first-order chi connectivity index (χ1) is 12.6. The number of rotatable bonds is 4. The van der Waals surface area contributed by atoms with Crippen molar-refractivity contribution in [2.75, 3.05) is 10.6 Å². The first-order valence-corrected chi connectivity index (χ1v) is 8.04. The average molecular weight is 343 g/mol. The van der Waals surface area contributed by atoms with Gasteiger partial charge in [-0.1, -0.05) is 29.8 Å². The highest BCUT2D eigenvalue weighted by Crippen LogP contribution is 2.20. The summed E-state index contributed by atoms with van der Waals surface area (Å²) in [5.41, 5.74) is 4.15. The smallest absolute Gasteiger partial charge is 0.274 e. The Bertz CT molecular complexity index is 1010. The molecule has 0 fully saturated rings. The van der Waals surface area contributed by atoms with E-state index in [2.05, 4.69) is 26.7 Å². The number of benzene rings is 2. The van der Waals surface area contributed by atoms with Crippen LogP contribution in [0.1, 0.15) is 27.2 Å². The maximum Gasteiger partial charge on any atom is 0.274 e. The molecule has 0 saturated carbocycles. The molecule has 0 radical (unpaired) electrons. The number of carbonyl (C=O) groups excluding carboxylic acids is 1. The van der Waals surface area contributed by atoms with Crippen molar-refractivity contribution >= 4 is 23.2 Å². The van der Waals surface area contributed by atoms with Crippen molar-refractivity contribution in [2.24, 2.45) is 0 Å². The molecule has 0 unspecified atom stereocenters. The van der Waals surface area contributed by atoms with Crippen LogP contribution in [0.5, 0.6) is 0 Å². The molecule has 0 bridgehead atoms. The van der Waals surface area contributed by atoms with Crippen LogP contribution in [0.2, 0.25) is 0 Å². The van der Waals surface area contributed by atoms with Crippen molar-refractivity contribution in [2.45, 2.75) is 13.8 Å². The number of nitrogens with zero attached hydrogens (tertiary/aromatic N) is 3. The van der Waals surface area contributed by atoms with Crippen LogP contribution in [-0.2, 0) is 0 Å². The minimum absolute atomic E-state index is 0.208. The van der Waals surface area contributed by atoms with Crippen molar-refractivity contribution in [3.63, 3.8) is 0 Å². The summed E-state index contributed by atoms with van der Waals surface area (Å²) in [4.78, 5) is 20.9. The summed E-state index contributed by atoms with van der Waals surface area (Å²) in [7, 11) is 0. The fraction of sp³-hybridized carbons (Fsp3) is 0.100. The first-order valence-electron chi connectivity index (χ1n) is 8.04. The molecule has 6 nitrogen and oxygen atoms in total. The van der Waals surface area contributed by atoms with Gasteiger partial charge in [0, 0.05) is 11.9 Å². The summed E-state index contributed by atoms with van der Waals surface area (Å²) in [6.07, 6.45) is 1.52. The zero-order valence-electron chi connectivity index (χ0n) is 14.4. The molecule has 1 aromatic heterocycles. The van der Waals surface area contributed by atoms with Gasteiger partial charge in [-0.2, -0.15) is 5.26 Å². The van der Waals surface area contributed by atoms with E-state index in [1.165, 1.54) is 17.8 Å². The molecule has 128 valence electrons. The Morgan fingerprint density at radius 3 is 2.65 bits per heavy atom. The number of carbonyl (C=O) groups is 1. The molecular weight excluding hydrogens is 326 g/mol. The van der Waals surface area contributed by atoms with E-state index in [1.54, 1.807) is 24.3 Å². The summed E-state index contributed by atoms with van der Waals surface area (Å²) < 4.78 is 0. The van der Waals surface area contributed by atoms with E-state index >= 15 is 0 Å². The molecule has 1 heterocycles. The van der Waals surface area contributed by atoms with Crippen LogP contribution in [0, 0.1) is 25.2 Å². The van der Waals surface area contributed by atoms with Gasteiger partial charge in [0.25, 0.3) is 5.91 Å². The minimum Gasteiger partial charge on any atom is -0.324 e. The van der Waals surface area contributed by atoms with E-state index in [-0.39, 0.29) is 5.69 Å². The number of nitriles is 1. The van der Waals surface area contributed by atoms with E-state index in [0.717, 1.165) is 11.3 Å². The quantitative estimate of drug-likeness (QED) is 0.748. The third kappa shape index (κ3) is 3.84. The lowest BCUT2D eigenvalue weighted by Gasteiger charge is -2.10. The maximum atomic E-state index is 12.5. The van der Waals surface area contributed by atoms with Gasteiger partial charge in [0.1, 0.15) is 11.8 Å². The third-order valence-electron chi connectivity index (χ3n) is 3.81. The molecule has 0 atom stereocenters. The van der Waals surface area contributed by atoms with Gasteiger partial charge in [-0.05, 0) is 43.7 Å². The topological polar surface area (TPSA) is 90.7 Å². The Balaban J connectivity index is 1.80. The number of aromatic nitrogens is 2. The lowest BCUT2D eigenvalue weighted by atomic mass is 10.1. The highest BCUT2D eigenvalue weighted by Gasteiger charge is 2.12. The van der Waals surface area contributed by atoms with Gasteiger partial charge in [0.05, 0.1) is 11.3 Å². The fourth-order valence-corrected chi connectivity index (χ4v) is 2.50. The van der Waals surface area contributed by atoms with Crippen molar-refractivity contribution in [1.29, 1.82) is 5.26 Å². The van der Waals surface area contributed by atoms with E-state index in [1.807, 2.05) is 32.0 Å². The van der Waals surface area contributed by atoms with Crippen LogP contribution in [0.4, 0.5) is 17.3 Å². The van der Waals surface area contributed by atoms with E-state index in [9.17, 15) is 4.79 Å². The summed E-state index contributed by atoms with van der Waals surface area (Å²) in [6.45, 7) is 4.02. The SMILES string of the molecule is Cc1ccc(Nc2nccc(C(=O)Nc3ccccc3C#N)n2)c(C)c1. The first kappa shape index (κ1) is 17.1. The molecule has 2 N–H and O–H groups in total. The highest BCUT2D eigenvalue weighted by molar-refractivity contribution is 6.03. The molecular formula is C20H17N5O. The predicted octanol–water partition coefficient (Wildman–Crippen LogP) is 3.96. The van der Waals surface area contributed by atoms with Crippen molar-refractivity contribution < 1.29 is 4.79 Å². The summed E-state index contributed by atoms with van der Waals surface area (Å²) >= 11 is 0. The van der Waals surface area contributed by atoms with E-state index < -0.39 is 5.91 Å². The molecule has 3 aromatic rings. The van der Waals surface area contributed by atoms with Gasteiger partial charge in [-0.3, -0.25) is 4.79 Å². The predicted molar refractivity (Wildman–Crippen MR) is 100 cm³/mol. The number of amides is 1. The monoisotopic (exact) mass is 343 g/mol. The van der Waals surface area contributed by atoms with Gasteiger partial charge >= 0.3 is 0 Å². The van der Waals surface area contributed by atoms with Crippen molar-refractivity contribution in [3.8, 4) is 6.07 Å². The summed E-state index contributed by atoms with van der Waals surface area (Å²) in [6, 6.07) is 16.4. The van der Waals surface area contributed by atoms with Crippen LogP contribution >= 0.6 is 0 Å². The number of para-hydroxylation sites is 1. The number of nitrogens with one attached hydrogen (secondary N) is 2. The van der Waals surface area contributed by atoms with Crippen molar-refractivity contribution in [1.82, 2.24) is 9.97 Å². The minimum atomic E-state index is -0.404. The van der Waals surface area contributed by atoms with E-state index in [0.29, 0.717) is 17.2 Å². The van der Waals surface area contributed by atoms with Gasteiger partial charge in [0.2, 0.25) is 5.95 Å². The zero-order valence-corrected chi connectivity index (χ0v) is 14.4. The van der Waals surface area contributed by atoms with Gasteiger partial charge in [0.15, 0.2) is 0 Å². The largest absolute Gasteiger partial charge is 0.324 e. The standard InChI is InChI=1S/C20H17N5O/c1-13-7-8-16(14(2)11-13)24-20-22-10-9-18(25-20)19(26)23-17-6-4-3-5-15(17)12-21/h3-11H,1-2H3,(H,23,26)(H,22,24,25). The second-order valence-corrected chi connectivity index (χ2v) is 5.82. The Labute approximate surface area is 151 Å². The normalized spacial score (nSPS) is 10.0. The molecule has 1 amide bonds. The third-order valence-corrected chi connectivity index (χ3v) is 3.81. The van der Waals surface area contributed by atoms with Gasteiger partial charge in [-0.25, -0.2) is 9.97 Å². The summed E-state index contributed by atoms with van der Waals surface area (Å²) in [5.74, 6) is -0.0723. The van der Waals surface area contributed by atoms with Crippen LogP contribution in [0.25, 0.3) is 0 Å². The Morgan fingerprint density at radius 2 is 1.88 bits per heavy atom. The highest BCUT2D eigenvalue weighted by atomic mass is 16.1. The molecule has 0 saturated heterocycles. The average Bonchev–Trinajstić information content (AvgIpc) is 2.65. The zero-order chi connectivity index (χ0) is 18.5. The number of hydrogen-bond donors (Lipinski definition) is 2. The van der Waals surface area contributed by atoms with Crippen LogP contribution in [0.3, 0.4) is 0 Å². The van der Waals surface area contributed by atoms with Crippen LogP contribution in [0.15, 0.2) is 54.7 Å². The Kier molecular flexibility index (Phi) is 4.90. The molecule has 3 rings (SSSR count). The number of aryl methyl sites for hydroxylation is 2. The molecule has 0 aliphatic heterocycles. The molecule has 6 heteroatoms. The molecule has 2 aromatic carbocycles. The second kappa shape index (κ2) is 7.45. The van der Waals surface area contributed by atoms with Crippen LogP contribution < -0.4 is 10.6 Å². The Hall–Kier alpha value is -3.72. The Morgan fingerprint density at radius 1 is 1.08 bits per heavy atom. The van der Waals surface area contributed by atoms with Crippen molar-refractivity contribution in [3.05, 3.63) is 77.1 Å². The molecule has 0 spiro atoms. The molecule has 0 aliphatic carbocycles. The maximum absolute atomic E-state index is 12.5. The summed E-state index contributed by atoms with van der Waals surface area (Å²) in [5, 5.41) is 15.0. The number of hydrogen-bond acceptors (Lipinski definition) is 5. The lowest BCUT2D eigenvalue weighted by Crippen LogP contribution is -2.15. The van der Waals surface area contributed by atoms with Crippen LogP contribution in [-0.4, -0.2) is 15.9 Å². The second-order valence-electron chi connectivity index (χ2n) is 5.82. The van der Waals surface area contributed by atoms with Gasteiger partial charge < -0.3 is 10.6 Å². The van der Waals surface area contributed by atoms with E-state index in [4.69, 9.17) is 5.26 Å². The fourth-order valence-electron chi connectivity index (χ4n) is 2.50. The number of anilines is 3. The van der Waals surface area contributed by atoms with Gasteiger partial charge in [-0.15, -0.1) is 0 Å². The molecule has 0 aliphatic rings. The lowest BCUT2D eigenvalue weighted by molar-refractivity contribution is 0.102. The molecule has 26 heavy (non-hydrogen) atoms.